The summed E-state index contributed by atoms with van der Waals surface area (Å²) in [7, 11) is -3.21. The third-order valence-corrected chi connectivity index (χ3v) is 4.52. The molecule has 8 heteroatoms. The van der Waals surface area contributed by atoms with Gasteiger partial charge in [-0.3, -0.25) is 15.0 Å². The molecule has 1 aliphatic heterocycles. The zero-order valence-electron chi connectivity index (χ0n) is 12.8. The minimum atomic E-state index is -3.21. The zero-order chi connectivity index (χ0) is 16.3. The van der Waals surface area contributed by atoms with E-state index in [2.05, 4.69) is 9.62 Å². The van der Waals surface area contributed by atoms with Gasteiger partial charge in [0.2, 0.25) is 10.0 Å². The van der Waals surface area contributed by atoms with Crippen molar-refractivity contribution in [2.75, 3.05) is 19.3 Å². The number of rotatable bonds is 5. The number of likely N-dealkylation sites (tertiary alicyclic amines) is 1. The third kappa shape index (κ3) is 4.75. The molecule has 1 aromatic rings. The van der Waals surface area contributed by atoms with Gasteiger partial charge in [-0.2, -0.15) is 0 Å². The summed E-state index contributed by atoms with van der Waals surface area (Å²) in [5.74, 6) is 0. The van der Waals surface area contributed by atoms with E-state index < -0.39 is 10.0 Å². The van der Waals surface area contributed by atoms with E-state index in [1.54, 1.807) is 19.1 Å². The summed E-state index contributed by atoms with van der Waals surface area (Å²) < 4.78 is 25.3. The Morgan fingerprint density at radius 1 is 1.45 bits per heavy atom. The monoisotopic (exact) mass is 327 g/mol. The second-order valence-corrected chi connectivity index (χ2v) is 7.62. The van der Waals surface area contributed by atoms with Crippen molar-refractivity contribution in [3.63, 3.8) is 0 Å². The lowest BCUT2D eigenvalue weighted by Gasteiger charge is -2.32. The van der Waals surface area contributed by atoms with Crippen molar-refractivity contribution in [1.29, 1.82) is 0 Å². The normalized spacial score (nSPS) is 20.0. The fourth-order valence-corrected chi connectivity index (χ4v) is 3.60. The number of aryl methyl sites for hydroxylation is 1. The van der Waals surface area contributed by atoms with Crippen molar-refractivity contribution < 1.29 is 13.3 Å². The number of nitro benzene ring substituents is 1. The van der Waals surface area contributed by atoms with E-state index in [0.717, 1.165) is 31.2 Å². The molecule has 7 nitrogen and oxygen atoms in total. The van der Waals surface area contributed by atoms with Crippen molar-refractivity contribution in [2.45, 2.75) is 32.4 Å². The highest BCUT2D eigenvalue weighted by Crippen LogP contribution is 2.21. The predicted octanol–water partition coefficient (Wildman–Crippen LogP) is 1.42. The Labute approximate surface area is 130 Å². The summed E-state index contributed by atoms with van der Waals surface area (Å²) in [4.78, 5) is 12.7. The van der Waals surface area contributed by atoms with E-state index >= 15 is 0 Å². The minimum absolute atomic E-state index is 0.0933. The van der Waals surface area contributed by atoms with Crippen LogP contribution in [0.2, 0.25) is 0 Å². The second kappa shape index (κ2) is 6.72. The van der Waals surface area contributed by atoms with Crippen molar-refractivity contribution in [3.05, 3.63) is 39.4 Å². The molecule has 122 valence electrons. The summed E-state index contributed by atoms with van der Waals surface area (Å²) in [5, 5.41) is 11.0. The third-order valence-electron chi connectivity index (χ3n) is 3.76. The summed E-state index contributed by atoms with van der Waals surface area (Å²) in [5.41, 5.74) is 1.64. The summed E-state index contributed by atoms with van der Waals surface area (Å²) in [6, 6.07) is 5.15. The van der Waals surface area contributed by atoms with E-state index in [0.29, 0.717) is 18.7 Å². The van der Waals surface area contributed by atoms with E-state index in [4.69, 9.17) is 0 Å². The van der Waals surface area contributed by atoms with Gasteiger partial charge in [0.25, 0.3) is 5.69 Å². The Kier molecular flexibility index (Phi) is 5.15. The van der Waals surface area contributed by atoms with Crippen LogP contribution in [0.4, 0.5) is 5.69 Å². The quantitative estimate of drug-likeness (QED) is 0.652. The molecule has 1 aliphatic rings. The maximum atomic E-state index is 11.3. The maximum Gasteiger partial charge on any atom is 0.272 e. The molecule has 1 heterocycles. The van der Waals surface area contributed by atoms with Gasteiger partial charge in [-0.25, -0.2) is 13.1 Å². The number of piperidine rings is 1. The van der Waals surface area contributed by atoms with Crippen LogP contribution in [0.25, 0.3) is 0 Å². The van der Waals surface area contributed by atoms with Crippen LogP contribution in [0, 0.1) is 17.0 Å². The molecule has 1 atom stereocenters. The first-order valence-corrected chi connectivity index (χ1v) is 9.07. The van der Waals surface area contributed by atoms with E-state index in [9.17, 15) is 18.5 Å². The molecule has 0 radical (unpaired) electrons. The molecule has 22 heavy (non-hydrogen) atoms. The molecule has 1 saturated heterocycles. The van der Waals surface area contributed by atoms with Crippen molar-refractivity contribution >= 4 is 15.7 Å². The van der Waals surface area contributed by atoms with Crippen LogP contribution >= 0.6 is 0 Å². The van der Waals surface area contributed by atoms with Crippen LogP contribution in [0.3, 0.4) is 0 Å². The molecule has 0 aromatic heterocycles. The lowest BCUT2D eigenvalue weighted by molar-refractivity contribution is -0.385. The smallest absolute Gasteiger partial charge is 0.272 e. The molecule has 1 fully saturated rings. The number of hydrogen-bond acceptors (Lipinski definition) is 5. The van der Waals surface area contributed by atoms with Gasteiger partial charge in [0, 0.05) is 30.8 Å². The first-order valence-electron chi connectivity index (χ1n) is 7.18. The molecule has 0 unspecified atom stereocenters. The van der Waals surface area contributed by atoms with Crippen molar-refractivity contribution in [3.8, 4) is 0 Å². The highest BCUT2D eigenvalue weighted by atomic mass is 32.2. The zero-order valence-corrected chi connectivity index (χ0v) is 13.6. The number of nitro groups is 1. The van der Waals surface area contributed by atoms with Gasteiger partial charge < -0.3 is 0 Å². The Morgan fingerprint density at radius 2 is 2.18 bits per heavy atom. The largest absolute Gasteiger partial charge is 0.297 e. The number of nitrogens with one attached hydrogen (secondary N) is 1. The van der Waals surface area contributed by atoms with E-state index in [1.807, 2.05) is 6.07 Å². The second-order valence-electron chi connectivity index (χ2n) is 5.84. The first kappa shape index (κ1) is 16.9. The summed E-state index contributed by atoms with van der Waals surface area (Å²) >= 11 is 0. The molecule has 0 saturated carbocycles. The Balaban J connectivity index is 2.04. The summed E-state index contributed by atoms with van der Waals surface area (Å²) in [6.45, 7) is 3.79. The van der Waals surface area contributed by atoms with E-state index in [1.165, 1.54) is 0 Å². The number of nitrogens with zero attached hydrogens (tertiary/aromatic N) is 2. The Morgan fingerprint density at radius 3 is 2.82 bits per heavy atom. The molecule has 1 N–H and O–H groups in total. The van der Waals surface area contributed by atoms with Crippen molar-refractivity contribution in [1.82, 2.24) is 9.62 Å². The number of benzene rings is 1. The molecule has 0 bridgehead atoms. The van der Waals surface area contributed by atoms with Gasteiger partial charge in [0.15, 0.2) is 0 Å². The SMILES string of the molecule is Cc1ccc(CN2CCC[C@H](NS(C)(=O)=O)C2)cc1[N+](=O)[O-]. The van der Waals surface area contributed by atoms with Gasteiger partial charge in [-0.15, -0.1) is 0 Å². The Bertz CT molecular complexity index is 660. The van der Waals surface area contributed by atoms with Crippen molar-refractivity contribution in [2.24, 2.45) is 0 Å². The van der Waals surface area contributed by atoms with E-state index in [-0.39, 0.29) is 16.7 Å². The van der Waals surface area contributed by atoms with Gasteiger partial charge in [0.1, 0.15) is 0 Å². The fraction of sp³-hybridized carbons (Fsp3) is 0.571. The highest BCUT2D eigenvalue weighted by molar-refractivity contribution is 7.88. The average molecular weight is 327 g/mol. The van der Waals surface area contributed by atoms with Gasteiger partial charge in [0.05, 0.1) is 11.2 Å². The standard InChI is InChI=1S/C14H21N3O4S/c1-11-5-6-12(8-14(11)17(18)19)9-16-7-3-4-13(10-16)15-22(2,20)21/h5-6,8,13,15H,3-4,7,9-10H2,1-2H3/t13-/m0/s1. The van der Waals surface area contributed by atoms with Crippen LogP contribution in [-0.4, -0.2) is 43.6 Å². The van der Waals surface area contributed by atoms with Gasteiger partial charge in [-0.05, 0) is 31.9 Å². The lowest BCUT2D eigenvalue weighted by atomic mass is 10.0. The van der Waals surface area contributed by atoms with Crippen LogP contribution in [0.1, 0.15) is 24.0 Å². The maximum absolute atomic E-state index is 11.3. The van der Waals surface area contributed by atoms with Crippen LogP contribution in [-0.2, 0) is 16.6 Å². The minimum Gasteiger partial charge on any atom is -0.297 e. The molecule has 0 aliphatic carbocycles. The fourth-order valence-electron chi connectivity index (χ4n) is 2.81. The topological polar surface area (TPSA) is 92.6 Å². The molecular weight excluding hydrogens is 306 g/mol. The van der Waals surface area contributed by atoms with Crippen LogP contribution in [0.5, 0.6) is 0 Å². The predicted molar refractivity (Wildman–Crippen MR) is 84.1 cm³/mol. The average Bonchev–Trinajstić information content (AvgIpc) is 2.39. The summed E-state index contributed by atoms with van der Waals surface area (Å²) in [6.07, 6.45) is 2.88. The molecule has 1 aromatic carbocycles. The highest BCUT2D eigenvalue weighted by Gasteiger charge is 2.23. The van der Waals surface area contributed by atoms with Gasteiger partial charge in [-0.1, -0.05) is 12.1 Å². The van der Waals surface area contributed by atoms with Crippen LogP contribution in [0.15, 0.2) is 18.2 Å². The molecular formula is C14H21N3O4S. The lowest BCUT2D eigenvalue weighted by Crippen LogP contribution is -2.46. The molecule has 0 amide bonds. The number of hydrogen-bond donors (Lipinski definition) is 1. The first-order chi connectivity index (χ1) is 10.2. The molecule has 0 spiro atoms. The van der Waals surface area contributed by atoms with Crippen LogP contribution < -0.4 is 4.72 Å². The van der Waals surface area contributed by atoms with Gasteiger partial charge >= 0.3 is 0 Å². The molecule has 2 rings (SSSR count). The number of sulfonamides is 1. The Hall–Kier alpha value is -1.51.